The number of nitrogens with two attached hydrogens (primary N) is 1. The molecule has 2 rings (SSSR count). The minimum Gasteiger partial charge on any atom is -0.355 e. The molecule has 0 radical (unpaired) electrons. The SMILES string of the molecule is NC1CCCCCN1c1cnc(Br)c(F)c1. The van der Waals surface area contributed by atoms with Crippen molar-refractivity contribution in [2.45, 2.75) is 31.8 Å². The molecule has 16 heavy (non-hydrogen) atoms. The lowest BCUT2D eigenvalue weighted by molar-refractivity contribution is 0.582. The van der Waals surface area contributed by atoms with Crippen LogP contribution in [0.5, 0.6) is 0 Å². The topological polar surface area (TPSA) is 42.1 Å². The fourth-order valence-corrected chi connectivity index (χ4v) is 2.24. The van der Waals surface area contributed by atoms with Crippen molar-refractivity contribution in [1.82, 2.24) is 4.98 Å². The summed E-state index contributed by atoms with van der Waals surface area (Å²) in [5.41, 5.74) is 6.84. The lowest BCUT2D eigenvalue weighted by atomic mass is 10.2. The summed E-state index contributed by atoms with van der Waals surface area (Å²) in [6.45, 7) is 0.879. The van der Waals surface area contributed by atoms with Crippen molar-refractivity contribution in [2.24, 2.45) is 5.73 Å². The molecular weight excluding hydrogens is 273 g/mol. The maximum atomic E-state index is 13.4. The lowest BCUT2D eigenvalue weighted by Gasteiger charge is -2.28. The van der Waals surface area contributed by atoms with E-state index in [1.807, 2.05) is 4.90 Å². The summed E-state index contributed by atoms with van der Waals surface area (Å²) in [7, 11) is 0. The fourth-order valence-electron chi connectivity index (χ4n) is 2.02. The van der Waals surface area contributed by atoms with Gasteiger partial charge >= 0.3 is 0 Å². The van der Waals surface area contributed by atoms with Crippen LogP contribution in [0.15, 0.2) is 16.9 Å². The average Bonchev–Trinajstić information content (AvgIpc) is 2.47. The zero-order chi connectivity index (χ0) is 11.5. The van der Waals surface area contributed by atoms with E-state index < -0.39 is 0 Å². The summed E-state index contributed by atoms with van der Waals surface area (Å²) >= 11 is 3.05. The zero-order valence-electron chi connectivity index (χ0n) is 9.00. The molecule has 88 valence electrons. The number of pyridine rings is 1. The van der Waals surface area contributed by atoms with E-state index in [1.54, 1.807) is 6.20 Å². The van der Waals surface area contributed by atoms with Gasteiger partial charge in [0.25, 0.3) is 0 Å². The number of anilines is 1. The van der Waals surface area contributed by atoms with E-state index >= 15 is 0 Å². The maximum Gasteiger partial charge on any atom is 0.158 e. The van der Waals surface area contributed by atoms with Crippen LogP contribution in [0.4, 0.5) is 10.1 Å². The van der Waals surface area contributed by atoms with Crippen molar-refractivity contribution in [2.75, 3.05) is 11.4 Å². The zero-order valence-corrected chi connectivity index (χ0v) is 10.6. The average molecular weight is 288 g/mol. The van der Waals surface area contributed by atoms with Crippen LogP contribution in [0.2, 0.25) is 0 Å². The van der Waals surface area contributed by atoms with Crippen molar-refractivity contribution >= 4 is 21.6 Å². The van der Waals surface area contributed by atoms with Crippen LogP contribution >= 0.6 is 15.9 Å². The van der Waals surface area contributed by atoms with Crippen molar-refractivity contribution in [3.8, 4) is 0 Å². The first-order valence-corrected chi connectivity index (χ1v) is 6.31. The van der Waals surface area contributed by atoms with E-state index in [-0.39, 0.29) is 16.6 Å². The van der Waals surface area contributed by atoms with E-state index in [0.29, 0.717) is 0 Å². The fraction of sp³-hybridized carbons (Fsp3) is 0.545. The first-order chi connectivity index (χ1) is 7.68. The van der Waals surface area contributed by atoms with Crippen LogP contribution in [0.3, 0.4) is 0 Å². The largest absolute Gasteiger partial charge is 0.355 e. The highest BCUT2D eigenvalue weighted by Gasteiger charge is 2.18. The molecule has 1 aromatic heterocycles. The van der Waals surface area contributed by atoms with Crippen LogP contribution in [-0.4, -0.2) is 17.7 Å². The van der Waals surface area contributed by atoms with Gasteiger partial charge in [-0.25, -0.2) is 9.37 Å². The van der Waals surface area contributed by atoms with E-state index in [1.165, 1.54) is 12.5 Å². The van der Waals surface area contributed by atoms with Gasteiger partial charge in [0.2, 0.25) is 0 Å². The van der Waals surface area contributed by atoms with Crippen LogP contribution < -0.4 is 10.6 Å². The van der Waals surface area contributed by atoms with E-state index in [2.05, 4.69) is 20.9 Å². The van der Waals surface area contributed by atoms with Crippen LogP contribution in [0.25, 0.3) is 0 Å². The highest BCUT2D eigenvalue weighted by Crippen LogP contribution is 2.24. The molecule has 1 unspecified atom stereocenters. The third-order valence-corrected chi connectivity index (χ3v) is 3.50. The summed E-state index contributed by atoms with van der Waals surface area (Å²) in [6.07, 6.45) is 6.03. The van der Waals surface area contributed by atoms with Gasteiger partial charge in [0.1, 0.15) is 4.60 Å². The Morgan fingerprint density at radius 1 is 1.44 bits per heavy atom. The third-order valence-electron chi connectivity index (χ3n) is 2.91. The van der Waals surface area contributed by atoms with Crippen molar-refractivity contribution in [1.29, 1.82) is 0 Å². The molecule has 0 saturated carbocycles. The molecule has 0 spiro atoms. The highest BCUT2D eigenvalue weighted by atomic mass is 79.9. The molecule has 0 aromatic carbocycles. The Labute approximate surface area is 103 Å². The Balaban J connectivity index is 2.23. The van der Waals surface area contributed by atoms with E-state index in [0.717, 1.165) is 31.5 Å². The first kappa shape index (κ1) is 11.8. The molecule has 3 nitrogen and oxygen atoms in total. The van der Waals surface area contributed by atoms with Gasteiger partial charge in [-0.3, -0.25) is 0 Å². The third kappa shape index (κ3) is 2.52. The molecule has 2 N–H and O–H groups in total. The Morgan fingerprint density at radius 2 is 2.25 bits per heavy atom. The number of hydrogen-bond donors (Lipinski definition) is 1. The second-order valence-corrected chi connectivity index (χ2v) is 4.83. The number of aromatic nitrogens is 1. The molecule has 5 heteroatoms. The lowest BCUT2D eigenvalue weighted by Crippen LogP contribution is -2.41. The number of hydrogen-bond acceptors (Lipinski definition) is 3. The Hall–Kier alpha value is -0.680. The minimum absolute atomic E-state index is 0.0233. The molecule has 1 saturated heterocycles. The van der Waals surface area contributed by atoms with Crippen LogP contribution in [-0.2, 0) is 0 Å². The Morgan fingerprint density at radius 3 is 3.00 bits per heavy atom. The molecule has 1 fully saturated rings. The van der Waals surface area contributed by atoms with Crippen LogP contribution in [0, 0.1) is 5.82 Å². The Bertz CT molecular complexity index is 372. The quantitative estimate of drug-likeness (QED) is 0.808. The maximum absolute atomic E-state index is 13.4. The summed E-state index contributed by atoms with van der Waals surface area (Å²) in [6, 6.07) is 1.49. The predicted octanol–water partition coefficient (Wildman–Crippen LogP) is 2.65. The summed E-state index contributed by atoms with van der Waals surface area (Å²) < 4.78 is 13.6. The molecule has 1 atom stereocenters. The minimum atomic E-state index is -0.339. The first-order valence-electron chi connectivity index (χ1n) is 5.52. The van der Waals surface area contributed by atoms with Crippen molar-refractivity contribution in [3.05, 3.63) is 22.7 Å². The highest BCUT2D eigenvalue weighted by molar-refractivity contribution is 9.10. The standard InChI is InChI=1S/C11H15BrFN3/c12-11-9(13)6-8(7-15-11)16-5-3-1-2-4-10(16)14/h6-7,10H,1-5,14H2. The molecule has 1 aliphatic rings. The van der Waals surface area contributed by atoms with Crippen molar-refractivity contribution in [3.63, 3.8) is 0 Å². The Kier molecular flexibility index (Phi) is 3.76. The van der Waals surface area contributed by atoms with Gasteiger partial charge in [0.05, 0.1) is 18.1 Å². The molecule has 0 aliphatic carbocycles. The van der Waals surface area contributed by atoms with Gasteiger partial charge in [0, 0.05) is 12.6 Å². The van der Waals surface area contributed by atoms with Gasteiger partial charge < -0.3 is 10.6 Å². The molecule has 0 bridgehead atoms. The second kappa shape index (κ2) is 5.10. The molecule has 1 aromatic rings. The number of halogens is 2. The molecule has 2 heterocycles. The smallest absolute Gasteiger partial charge is 0.158 e. The van der Waals surface area contributed by atoms with Gasteiger partial charge in [0.15, 0.2) is 5.82 Å². The van der Waals surface area contributed by atoms with Crippen molar-refractivity contribution < 1.29 is 4.39 Å². The molecule has 0 amide bonds. The molecular formula is C11H15BrFN3. The van der Waals surface area contributed by atoms with Gasteiger partial charge in [-0.15, -0.1) is 0 Å². The van der Waals surface area contributed by atoms with E-state index in [4.69, 9.17) is 5.73 Å². The van der Waals surface area contributed by atoms with Gasteiger partial charge in [-0.05, 0) is 35.2 Å². The van der Waals surface area contributed by atoms with Gasteiger partial charge in [-0.1, -0.05) is 6.42 Å². The summed E-state index contributed by atoms with van der Waals surface area (Å²) in [5.74, 6) is -0.339. The second-order valence-electron chi connectivity index (χ2n) is 4.08. The normalized spacial score (nSPS) is 21.9. The number of rotatable bonds is 1. The summed E-state index contributed by atoms with van der Waals surface area (Å²) in [4.78, 5) is 6.00. The summed E-state index contributed by atoms with van der Waals surface area (Å²) in [5, 5.41) is 0. The molecule has 1 aliphatic heterocycles. The van der Waals surface area contributed by atoms with Gasteiger partial charge in [-0.2, -0.15) is 0 Å². The van der Waals surface area contributed by atoms with Crippen LogP contribution in [0.1, 0.15) is 25.7 Å². The monoisotopic (exact) mass is 287 g/mol. The van der Waals surface area contributed by atoms with E-state index in [9.17, 15) is 4.39 Å². The number of nitrogens with zero attached hydrogens (tertiary/aromatic N) is 2. The predicted molar refractivity (Wildman–Crippen MR) is 65.7 cm³/mol.